The lowest BCUT2D eigenvalue weighted by Gasteiger charge is -2.34. The molecule has 5 rings (SSSR count). The van der Waals surface area contributed by atoms with Gasteiger partial charge in [-0.05, 0) is 60.8 Å². The number of hydrogen-bond acceptors (Lipinski definition) is 6. The fourth-order valence-corrected chi connectivity index (χ4v) is 6.78. The van der Waals surface area contributed by atoms with Gasteiger partial charge in [-0.1, -0.05) is 75.6 Å². The normalized spacial score (nSPS) is 21.7. The molecule has 0 radical (unpaired) electrons. The lowest BCUT2D eigenvalue weighted by Crippen LogP contribution is -2.60. The summed E-state index contributed by atoms with van der Waals surface area (Å²) < 4.78 is 6.28. The van der Waals surface area contributed by atoms with Gasteiger partial charge >= 0.3 is 5.97 Å². The van der Waals surface area contributed by atoms with Crippen LogP contribution >= 0.6 is 0 Å². The molecule has 3 aliphatic rings. The Morgan fingerprint density at radius 1 is 0.894 bits per heavy atom. The van der Waals surface area contributed by atoms with Crippen molar-refractivity contribution in [1.82, 2.24) is 20.9 Å². The Kier molecular flexibility index (Phi) is 10.5. The molecule has 4 atom stereocenters. The summed E-state index contributed by atoms with van der Waals surface area (Å²) >= 11 is 0. The third-order valence-corrected chi connectivity index (χ3v) is 9.63. The van der Waals surface area contributed by atoms with Crippen LogP contribution < -0.4 is 20.7 Å². The van der Waals surface area contributed by atoms with Crippen LogP contribution in [-0.4, -0.2) is 75.9 Å². The van der Waals surface area contributed by atoms with Crippen LogP contribution in [-0.2, 0) is 24.0 Å². The summed E-state index contributed by atoms with van der Waals surface area (Å²) in [5, 5.41) is 18.1. The molecule has 252 valence electrons. The zero-order valence-corrected chi connectivity index (χ0v) is 27.4. The molecule has 2 aromatic rings. The zero-order chi connectivity index (χ0) is 33.7. The smallest absolute Gasteiger partial charge is 0.329 e. The lowest BCUT2D eigenvalue weighted by atomic mass is 9.83. The lowest BCUT2D eigenvalue weighted by molar-refractivity contribution is -0.146. The molecule has 2 saturated carbocycles. The molecular formula is C36H46N4O7. The number of carbonyl (C=O) groups excluding carboxylic acids is 4. The van der Waals surface area contributed by atoms with Crippen LogP contribution in [0.15, 0.2) is 54.6 Å². The zero-order valence-electron chi connectivity index (χ0n) is 27.4. The van der Waals surface area contributed by atoms with E-state index in [2.05, 4.69) is 16.0 Å². The summed E-state index contributed by atoms with van der Waals surface area (Å²) in [5.74, 6) is -2.65. The Bertz CT molecular complexity index is 1450. The van der Waals surface area contributed by atoms with E-state index in [-0.39, 0.29) is 30.7 Å². The van der Waals surface area contributed by atoms with E-state index in [4.69, 9.17) is 4.74 Å². The summed E-state index contributed by atoms with van der Waals surface area (Å²) in [6.45, 7) is 5.08. The van der Waals surface area contributed by atoms with Crippen molar-refractivity contribution >= 4 is 29.6 Å². The summed E-state index contributed by atoms with van der Waals surface area (Å²) in [6, 6.07) is 14.8. The molecule has 3 fully saturated rings. The first kappa shape index (κ1) is 33.9. The third-order valence-electron chi connectivity index (χ3n) is 9.63. The number of aliphatic carboxylic acids is 1. The van der Waals surface area contributed by atoms with Crippen molar-refractivity contribution in [2.24, 2.45) is 11.8 Å². The van der Waals surface area contributed by atoms with Gasteiger partial charge in [-0.25, -0.2) is 4.79 Å². The fraction of sp³-hybridized carbons (Fsp3) is 0.528. The second-order valence-corrected chi connectivity index (χ2v) is 13.6. The Morgan fingerprint density at radius 2 is 1.53 bits per heavy atom. The van der Waals surface area contributed by atoms with Gasteiger partial charge in [0.1, 0.15) is 35.5 Å². The highest BCUT2D eigenvalue weighted by atomic mass is 16.5. The molecule has 0 aromatic heterocycles. The highest BCUT2D eigenvalue weighted by molar-refractivity contribution is 5.96. The molecule has 4 N–H and O–H groups in total. The predicted molar refractivity (Wildman–Crippen MR) is 175 cm³/mol. The van der Waals surface area contributed by atoms with Gasteiger partial charge in [-0.15, -0.1) is 0 Å². The minimum Gasteiger partial charge on any atom is -0.488 e. The number of carboxylic acids is 1. The molecule has 11 heteroatoms. The summed E-state index contributed by atoms with van der Waals surface area (Å²) in [6.07, 6.45) is 4.89. The average Bonchev–Trinajstić information content (AvgIpc) is 3.73. The molecule has 2 aromatic carbocycles. The molecule has 1 heterocycles. The van der Waals surface area contributed by atoms with E-state index in [1.54, 1.807) is 0 Å². The number of hydrogen-bond donors (Lipinski definition) is 4. The molecule has 47 heavy (non-hydrogen) atoms. The molecule has 1 saturated heterocycles. The maximum atomic E-state index is 14.2. The van der Waals surface area contributed by atoms with Crippen LogP contribution in [0.2, 0.25) is 0 Å². The Hall–Kier alpha value is -4.41. The first-order valence-corrected chi connectivity index (χ1v) is 16.7. The third kappa shape index (κ3) is 8.12. The number of carboxylic acid groups (broad SMARTS) is 1. The largest absolute Gasteiger partial charge is 0.488 e. The molecule has 4 amide bonds. The summed E-state index contributed by atoms with van der Waals surface area (Å²) in [4.78, 5) is 66.9. The molecular weight excluding hydrogens is 600 g/mol. The van der Waals surface area contributed by atoms with Gasteiger partial charge in [0.2, 0.25) is 23.6 Å². The van der Waals surface area contributed by atoms with Crippen LogP contribution in [0, 0.1) is 11.8 Å². The van der Waals surface area contributed by atoms with Crippen LogP contribution in [0.1, 0.15) is 72.1 Å². The second kappa shape index (κ2) is 14.6. The Morgan fingerprint density at radius 3 is 2.11 bits per heavy atom. The van der Waals surface area contributed by atoms with Crippen molar-refractivity contribution in [2.75, 3.05) is 6.54 Å². The van der Waals surface area contributed by atoms with E-state index in [1.165, 1.54) is 11.8 Å². The second-order valence-electron chi connectivity index (χ2n) is 13.6. The van der Waals surface area contributed by atoms with E-state index in [0.717, 1.165) is 43.2 Å². The maximum Gasteiger partial charge on any atom is 0.329 e. The number of likely N-dealkylation sites (tertiary alicyclic amines) is 1. The number of amides is 4. The quantitative estimate of drug-likeness (QED) is 0.275. The Balaban J connectivity index is 1.34. The van der Waals surface area contributed by atoms with E-state index in [1.807, 2.05) is 68.4 Å². The van der Waals surface area contributed by atoms with Gasteiger partial charge in [-0.2, -0.15) is 0 Å². The topological polar surface area (TPSA) is 154 Å². The molecule has 0 spiro atoms. The SMILES string of the molecule is CC(=O)N[C@H](C(=O)N[C@H](C(=O)N1C[C@H](Oc2ccc(-c3ccccc3)cc2)CC1C(=O)NC1(C(=O)O)CC1)C(C)C)C1CCCCC1. The van der Waals surface area contributed by atoms with Crippen molar-refractivity contribution < 1.29 is 33.8 Å². The molecule has 1 aliphatic heterocycles. The standard InChI is InChI=1S/C36H46N4O7/c1-22(2)30(38-33(43)31(37-23(3)41)26-12-8-5-9-13-26)34(44)40-21-28(20-29(40)32(42)39-36(18-19-36)35(45)46)47-27-16-14-25(15-17-27)24-10-6-4-7-11-24/h4,6-7,10-11,14-17,22,26,28-31H,5,8-9,12-13,18-21H2,1-3H3,(H,37,41)(H,38,43)(H,39,42)(H,45,46)/t28-,29?,30+,31+/m1/s1. The van der Waals surface area contributed by atoms with Crippen molar-refractivity contribution in [3.8, 4) is 16.9 Å². The first-order valence-electron chi connectivity index (χ1n) is 16.7. The maximum absolute atomic E-state index is 14.2. The number of nitrogens with zero attached hydrogens (tertiary/aromatic N) is 1. The van der Waals surface area contributed by atoms with Gasteiger partial charge in [-0.3, -0.25) is 19.2 Å². The van der Waals surface area contributed by atoms with Crippen molar-refractivity contribution in [1.29, 1.82) is 0 Å². The van der Waals surface area contributed by atoms with E-state index < -0.39 is 53.5 Å². The van der Waals surface area contributed by atoms with Crippen LogP contribution in [0.25, 0.3) is 11.1 Å². The molecule has 2 aliphatic carbocycles. The highest BCUT2D eigenvalue weighted by Crippen LogP contribution is 2.36. The van der Waals surface area contributed by atoms with Gasteiger partial charge in [0.15, 0.2) is 0 Å². The van der Waals surface area contributed by atoms with E-state index in [0.29, 0.717) is 18.6 Å². The monoisotopic (exact) mass is 646 g/mol. The van der Waals surface area contributed by atoms with Crippen molar-refractivity contribution in [3.63, 3.8) is 0 Å². The van der Waals surface area contributed by atoms with Crippen molar-refractivity contribution in [3.05, 3.63) is 54.6 Å². The number of carbonyl (C=O) groups is 5. The average molecular weight is 647 g/mol. The number of nitrogens with one attached hydrogen (secondary N) is 3. The fourth-order valence-electron chi connectivity index (χ4n) is 6.78. The van der Waals surface area contributed by atoms with Gasteiger partial charge in [0, 0.05) is 13.3 Å². The van der Waals surface area contributed by atoms with Crippen LogP contribution in [0.5, 0.6) is 5.75 Å². The summed E-state index contributed by atoms with van der Waals surface area (Å²) in [5.41, 5.74) is 0.755. The van der Waals surface area contributed by atoms with E-state index >= 15 is 0 Å². The molecule has 11 nitrogen and oxygen atoms in total. The summed E-state index contributed by atoms with van der Waals surface area (Å²) in [7, 11) is 0. The minimum atomic E-state index is -1.32. The number of benzene rings is 2. The molecule has 1 unspecified atom stereocenters. The van der Waals surface area contributed by atoms with Crippen molar-refractivity contribution in [2.45, 2.75) is 102 Å². The molecule has 0 bridgehead atoms. The minimum absolute atomic E-state index is 0.0299. The first-order chi connectivity index (χ1) is 22.5. The highest BCUT2D eigenvalue weighted by Gasteiger charge is 2.54. The van der Waals surface area contributed by atoms with Gasteiger partial charge in [0.25, 0.3) is 0 Å². The van der Waals surface area contributed by atoms with Gasteiger partial charge in [0.05, 0.1) is 6.54 Å². The number of ether oxygens (including phenoxy) is 1. The Labute approximate surface area is 275 Å². The predicted octanol–water partition coefficient (Wildman–Crippen LogP) is 3.66. The number of rotatable bonds is 12. The van der Waals surface area contributed by atoms with Gasteiger partial charge < -0.3 is 30.7 Å². The van der Waals surface area contributed by atoms with Crippen LogP contribution in [0.4, 0.5) is 0 Å². The van der Waals surface area contributed by atoms with E-state index in [9.17, 15) is 29.1 Å². The van der Waals surface area contributed by atoms with Crippen LogP contribution in [0.3, 0.4) is 0 Å².